The van der Waals surface area contributed by atoms with E-state index in [1.807, 2.05) is 13.0 Å². The van der Waals surface area contributed by atoms with Crippen LogP contribution in [0.1, 0.15) is 26.2 Å². The quantitative estimate of drug-likeness (QED) is 0.537. The summed E-state index contributed by atoms with van der Waals surface area (Å²) in [5, 5.41) is 19.9. The predicted molar refractivity (Wildman–Crippen MR) is 64.6 cm³/mol. The molecule has 0 radical (unpaired) electrons. The van der Waals surface area contributed by atoms with Gasteiger partial charge in [0.1, 0.15) is 17.6 Å². The van der Waals surface area contributed by atoms with E-state index in [2.05, 4.69) is 0 Å². The molecule has 0 aromatic rings. The lowest BCUT2D eigenvalue weighted by molar-refractivity contribution is -0.154. The molecule has 1 saturated carbocycles. The van der Waals surface area contributed by atoms with Crippen molar-refractivity contribution >= 4 is 5.97 Å². The maximum Gasteiger partial charge on any atom is 0.315 e. The molecule has 3 aliphatic rings. The number of carbonyl (C=O) groups is 1. The maximum absolute atomic E-state index is 12.1. The van der Waals surface area contributed by atoms with Crippen LogP contribution in [0.2, 0.25) is 0 Å². The molecule has 0 amide bonds. The van der Waals surface area contributed by atoms with E-state index in [9.17, 15) is 15.0 Å². The Labute approximate surface area is 107 Å². The maximum atomic E-state index is 12.1. The summed E-state index contributed by atoms with van der Waals surface area (Å²) < 4.78 is 5.12. The van der Waals surface area contributed by atoms with Crippen LogP contribution in [0.4, 0.5) is 0 Å². The lowest BCUT2D eigenvalue weighted by atomic mass is 9.54. The van der Waals surface area contributed by atoms with E-state index in [1.165, 1.54) is 0 Å². The molecule has 2 fully saturated rings. The predicted octanol–water partition coefficient (Wildman–Crippen LogP) is 0.875. The number of allylic oxidation sites excluding steroid dienone is 1. The van der Waals surface area contributed by atoms with Gasteiger partial charge < -0.3 is 14.9 Å². The second-order valence-corrected chi connectivity index (χ2v) is 6.19. The van der Waals surface area contributed by atoms with Crippen LogP contribution in [0, 0.1) is 23.2 Å². The van der Waals surface area contributed by atoms with Crippen molar-refractivity contribution in [1.29, 1.82) is 0 Å². The molecule has 4 nitrogen and oxygen atoms in total. The number of carbonyl (C=O) groups excluding carboxylic acids is 1. The van der Waals surface area contributed by atoms with Gasteiger partial charge in [0.05, 0.1) is 0 Å². The second kappa shape index (κ2) is 3.81. The van der Waals surface area contributed by atoms with Crippen molar-refractivity contribution in [3.8, 4) is 0 Å². The molecule has 0 aromatic heterocycles. The molecule has 2 N–H and O–H groups in total. The Morgan fingerprint density at radius 3 is 3.00 bits per heavy atom. The molecule has 18 heavy (non-hydrogen) atoms. The average molecular weight is 252 g/mol. The molecule has 5 atom stereocenters. The van der Waals surface area contributed by atoms with Crippen molar-refractivity contribution in [1.82, 2.24) is 0 Å². The number of esters is 1. The largest absolute Gasteiger partial charge is 0.462 e. The zero-order chi connectivity index (χ0) is 13.0. The Bertz CT molecular complexity index is 405. The number of hydrogen-bond acceptors (Lipinski definition) is 4. The zero-order valence-corrected chi connectivity index (χ0v) is 10.6. The van der Waals surface area contributed by atoms with Gasteiger partial charge in [-0.1, -0.05) is 12.2 Å². The van der Waals surface area contributed by atoms with E-state index in [1.54, 1.807) is 6.08 Å². The summed E-state index contributed by atoms with van der Waals surface area (Å²) in [5.74, 6) is 0.451. The van der Waals surface area contributed by atoms with Crippen LogP contribution in [0.5, 0.6) is 0 Å². The van der Waals surface area contributed by atoms with E-state index >= 15 is 0 Å². The summed E-state index contributed by atoms with van der Waals surface area (Å²) in [7, 11) is 0. The van der Waals surface area contributed by atoms with Crippen molar-refractivity contribution in [2.45, 2.75) is 31.8 Å². The summed E-state index contributed by atoms with van der Waals surface area (Å²) in [4.78, 5) is 12.1. The molecule has 3 rings (SSSR count). The number of ether oxygens (including phenoxy) is 1. The van der Waals surface area contributed by atoms with Crippen LogP contribution in [-0.2, 0) is 9.53 Å². The second-order valence-electron chi connectivity index (χ2n) is 6.19. The molecule has 4 heteroatoms. The Hall–Kier alpha value is -0.870. The average Bonchev–Trinajstić information content (AvgIpc) is 2.63. The van der Waals surface area contributed by atoms with Crippen molar-refractivity contribution in [3.63, 3.8) is 0 Å². The van der Waals surface area contributed by atoms with Gasteiger partial charge in [0, 0.05) is 6.61 Å². The highest BCUT2D eigenvalue weighted by molar-refractivity contribution is 5.82. The van der Waals surface area contributed by atoms with Crippen molar-refractivity contribution in [2.75, 3.05) is 13.2 Å². The molecule has 2 aliphatic carbocycles. The highest BCUT2D eigenvalue weighted by Gasteiger charge is 2.65. The van der Waals surface area contributed by atoms with Gasteiger partial charge in [-0.15, -0.1) is 0 Å². The third kappa shape index (κ3) is 1.36. The minimum Gasteiger partial charge on any atom is -0.462 e. The minimum atomic E-state index is -1.14. The Balaban J connectivity index is 1.97. The molecule has 0 unspecified atom stereocenters. The summed E-state index contributed by atoms with van der Waals surface area (Å²) >= 11 is 0. The van der Waals surface area contributed by atoms with Crippen LogP contribution in [0.25, 0.3) is 0 Å². The van der Waals surface area contributed by atoms with E-state index in [-0.39, 0.29) is 31.0 Å². The van der Waals surface area contributed by atoms with Crippen molar-refractivity contribution in [2.24, 2.45) is 23.2 Å². The van der Waals surface area contributed by atoms with Gasteiger partial charge >= 0.3 is 5.97 Å². The van der Waals surface area contributed by atoms with E-state index in [0.29, 0.717) is 5.92 Å². The normalized spacial score (nSPS) is 50.6. The number of cyclic esters (lactones) is 1. The van der Waals surface area contributed by atoms with Crippen molar-refractivity contribution < 1.29 is 19.7 Å². The molecular formula is C14H20O4. The van der Waals surface area contributed by atoms with Gasteiger partial charge in [-0.2, -0.15) is 0 Å². The van der Waals surface area contributed by atoms with Gasteiger partial charge in [0.25, 0.3) is 0 Å². The molecule has 100 valence electrons. The standard InChI is InChI=1S/C14H20O4/c1-13-11-3-2-9(7-15)6-10(11)4-5-14(13,17)8-18-12(13)16/h4-5,9-11,15,17H,2-3,6-8H2,1H3/t9-,10-,11-,13-,14-/m1/s1. The highest BCUT2D eigenvalue weighted by Crippen LogP contribution is 2.56. The molecule has 1 saturated heterocycles. The van der Waals surface area contributed by atoms with E-state index in [0.717, 1.165) is 19.3 Å². The smallest absolute Gasteiger partial charge is 0.315 e. The van der Waals surface area contributed by atoms with Gasteiger partial charge in [0.15, 0.2) is 0 Å². The first-order valence-corrected chi connectivity index (χ1v) is 6.71. The minimum absolute atomic E-state index is 0.0749. The van der Waals surface area contributed by atoms with Crippen LogP contribution >= 0.6 is 0 Å². The van der Waals surface area contributed by atoms with Crippen LogP contribution in [-0.4, -0.2) is 35.0 Å². The number of hydrogen-bond donors (Lipinski definition) is 2. The summed E-state index contributed by atoms with van der Waals surface area (Å²) in [6, 6.07) is 0. The lowest BCUT2D eigenvalue weighted by Crippen LogP contribution is -2.55. The first kappa shape index (κ1) is 12.2. The zero-order valence-electron chi connectivity index (χ0n) is 10.6. The summed E-state index contributed by atoms with van der Waals surface area (Å²) in [6.07, 6.45) is 6.46. The highest BCUT2D eigenvalue weighted by atomic mass is 16.6. The third-order valence-electron chi connectivity index (χ3n) is 5.37. The van der Waals surface area contributed by atoms with Gasteiger partial charge in [-0.25, -0.2) is 0 Å². The van der Waals surface area contributed by atoms with Crippen LogP contribution in [0.3, 0.4) is 0 Å². The molecular weight excluding hydrogens is 232 g/mol. The van der Waals surface area contributed by atoms with Gasteiger partial charge in [-0.3, -0.25) is 4.79 Å². The number of aliphatic hydroxyl groups excluding tert-OH is 1. The van der Waals surface area contributed by atoms with Gasteiger partial charge in [-0.05, 0) is 43.9 Å². The van der Waals surface area contributed by atoms with Crippen LogP contribution < -0.4 is 0 Å². The summed E-state index contributed by atoms with van der Waals surface area (Å²) in [6.45, 7) is 2.12. The summed E-state index contributed by atoms with van der Waals surface area (Å²) in [5.41, 5.74) is -1.95. The SMILES string of the molecule is C[C@@]12C(=O)OC[C@]1(O)C=C[C@@H]1C[C@H](CO)CC[C@H]12. The first-order valence-electron chi connectivity index (χ1n) is 6.71. The number of fused-ring (bicyclic) bond motifs is 3. The molecule has 0 bridgehead atoms. The molecule has 0 spiro atoms. The number of aliphatic hydroxyl groups is 2. The fraction of sp³-hybridized carbons (Fsp3) is 0.786. The lowest BCUT2D eigenvalue weighted by Gasteiger charge is -2.49. The Kier molecular flexibility index (Phi) is 2.58. The molecule has 0 aromatic carbocycles. The number of rotatable bonds is 1. The molecule has 1 aliphatic heterocycles. The fourth-order valence-electron chi connectivity index (χ4n) is 4.02. The molecule has 1 heterocycles. The van der Waals surface area contributed by atoms with Crippen LogP contribution in [0.15, 0.2) is 12.2 Å². The van der Waals surface area contributed by atoms with E-state index in [4.69, 9.17) is 4.74 Å². The fourth-order valence-corrected chi connectivity index (χ4v) is 4.02. The Morgan fingerprint density at radius 1 is 1.50 bits per heavy atom. The van der Waals surface area contributed by atoms with E-state index < -0.39 is 11.0 Å². The first-order chi connectivity index (χ1) is 8.51. The third-order valence-corrected chi connectivity index (χ3v) is 5.37. The topological polar surface area (TPSA) is 66.8 Å². The van der Waals surface area contributed by atoms with Gasteiger partial charge in [0.2, 0.25) is 0 Å². The monoisotopic (exact) mass is 252 g/mol. The Morgan fingerprint density at radius 2 is 2.28 bits per heavy atom. The van der Waals surface area contributed by atoms with Crippen molar-refractivity contribution in [3.05, 3.63) is 12.2 Å².